The molecule has 0 bridgehead atoms. The van der Waals surface area contributed by atoms with Gasteiger partial charge in [-0.1, -0.05) is 0 Å². The molecule has 2 heterocycles. The van der Waals surface area contributed by atoms with Gasteiger partial charge < -0.3 is 9.84 Å². The van der Waals surface area contributed by atoms with Crippen LogP contribution in [0.1, 0.15) is 42.3 Å². The van der Waals surface area contributed by atoms with Crippen molar-refractivity contribution in [3.05, 3.63) is 16.1 Å². The van der Waals surface area contributed by atoms with Gasteiger partial charge >= 0.3 is 5.97 Å². The first-order valence-electron chi connectivity index (χ1n) is 5.44. The molecular formula is C11H15NO3S. The van der Waals surface area contributed by atoms with E-state index in [4.69, 9.17) is 9.84 Å². The van der Waals surface area contributed by atoms with Crippen LogP contribution in [0.4, 0.5) is 0 Å². The maximum atomic E-state index is 10.8. The first-order valence-corrected chi connectivity index (χ1v) is 6.32. The molecule has 1 saturated heterocycles. The maximum Gasteiger partial charge on any atom is 0.312 e. The molecule has 4 nitrogen and oxygen atoms in total. The number of carbonyl (C=O) groups is 1. The van der Waals surface area contributed by atoms with Crippen molar-refractivity contribution in [1.29, 1.82) is 0 Å². The highest BCUT2D eigenvalue weighted by atomic mass is 32.1. The molecule has 0 spiro atoms. The molecule has 0 aliphatic carbocycles. The fourth-order valence-corrected chi connectivity index (χ4v) is 2.84. The van der Waals surface area contributed by atoms with Crippen LogP contribution in [0.15, 0.2) is 5.38 Å². The zero-order chi connectivity index (χ0) is 11.5. The second kappa shape index (κ2) is 4.93. The SMILES string of the molecule is CC(C(=O)O)c1csc(C2CCOCC2)n1. The van der Waals surface area contributed by atoms with Crippen LogP contribution in [0.5, 0.6) is 0 Å². The quantitative estimate of drug-likeness (QED) is 0.881. The van der Waals surface area contributed by atoms with Crippen molar-refractivity contribution in [2.75, 3.05) is 13.2 Å². The first-order chi connectivity index (χ1) is 7.68. The second-order valence-electron chi connectivity index (χ2n) is 4.06. The highest BCUT2D eigenvalue weighted by molar-refractivity contribution is 7.09. The Labute approximate surface area is 98.3 Å². The van der Waals surface area contributed by atoms with Crippen LogP contribution in [0.2, 0.25) is 0 Å². The molecule has 0 saturated carbocycles. The Morgan fingerprint density at radius 2 is 2.31 bits per heavy atom. The Morgan fingerprint density at radius 3 is 2.94 bits per heavy atom. The highest BCUT2D eigenvalue weighted by Gasteiger charge is 2.22. The predicted octanol–water partition coefficient (Wildman–Crippen LogP) is 2.23. The van der Waals surface area contributed by atoms with Crippen LogP contribution < -0.4 is 0 Å². The van der Waals surface area contributed by atoms with Gasteiger partial charge in [0, 0.05) is 24.5 Å². The largest absolute Gasteiger partial charge is 0.481 e. The highest BCUT2D eigenvalue weighted by Crippen LogP contribution is 2.30. The molecule has 16 heavy (non-hydrogen) atoms. The fourth-order valence-electron chi connectivity index (χ4n) is 1.76. The van der Waals surface area contributed by atoms with Crippen molar-refractivity contribution in [1.82, 2.24) is 4.98 Å². The van der Waals surface area contributed by atoms with Crippen LogP contribution in [0, 0.1) is 0 Å². The lowest BCUT2D eigenvalue weighted by Crippen LogP contribution is -2.14. The van der Waals surface area contributed by atoms with E-state index in [1.54, 1.807) is 18.3 Å². The maximum absolute atomic E-state index is 10.8. The van der Waals surface area contributed by atoms with E-state index in [1.807, 2.05) is 5.38 Å². The fraction of sp³-hybridized carbons (Fsp3) is 0.636. The lowest BCUT2D eigenvalue weighted by atomic mass is 10.0. The number of thiazole rings is 1. The molecule has 2 rings (SSSR count). The molecule has 1 unspecified atom stereocenters. The number of aromatic nitrogens is 1. The Balaban J connectivity index is 2.09. The van der Waals surface area contributed by atoms with Crippen molar-refractivity contribution in [2.45, 2.75) is 31.6 Å². The molecule has 1 aliphatic rings. The third-order valence-electron chi connectivity index (χ3n) is 2.92. The van der Waals surface area contributed by atoms with E-state index < -0.39 is 11.9 Å². The van der Waals surface area contributed by atoms with Crippen LogP contribution >= 0.6 is 11.3 Å². The summed E-state index contributed by atoms with van der Waals surface area (Å²) < 4.78 is 5.30. The van der Waals surface area contributed by atoms with Crippen molar-refractivity contribution >= 4 is 17.3 Å². The zero-order valence-corrected chi connectivity index (χ0v) is 10.00. The van der Waals surface area contributed by atoms with E-state index >= 15 is 0 Å². The standard InChI is InChI=1S/C11H15NO3S/c1-7(11(13)14)9-6-16-10(12-9)8-2-4-15-5-3-8/h6-8H,2-5H2,1H3,(H,13,14). The summed E-state index contributed by atoms with van der Waals surface area (Å²) in [5.41, 5.74) is 0.680. The third-order valence-corrected chi connectivity index (χ3v) is 3.95. The Bertz CT molecular complexity index is 371. The van der Waals surface area contributed by atoms with Crippen LogP contribution in [0.25, 0.3) is 0 Å². The van der Waals surface area contributed by atoms with Gasteiger partial charge in [0.1, 0.15) is 0 Å². The van der Waals surface area contributed by atoms with Gasteiger partial charge in [-0.3, -0.25) is 4.79 Å². The monoisotopic (exact) mass is 241 g/mol. The van der Waals surface area contributed by atoms with Crippen LogP contribution in [-0.2, 0) is 9.53 Å². The van der Waals surface area contributed by atoms with Crippen molar-refractivity contribution in [2.24, 2.45) is 0 Å². The molecule has 0 aromatic carbocycles. The van der Waals surface area contributed by atoms with Gasteiger partial charge in [-0.15, -0.1) is 11.3 Å². The summed E-state index contributed by atoms with van der Waals surface area (Å²) in [6.45, 7) is 3.24. The number of ether oxygens (including phenoxy) is 1. The minimum absolute atomic E-state index is 0.452. The minimum Gasteiger partial charge on any atom is -0.481 e. The van der Waals surface area contributed by atoms with Crippen molar-refractivity contribution in [3.63, 3.8) is 0 Å². The van der Waals surface area contributed by atoms with Gasteiger partial charge in [0.25, 0.3) is 0 Å². The summed E-state index contributed by atoms with van der Waals surface area (Å²) in [5, 5.41) is 11.8. The van der Waals surface area contributed by atoms with E-state index in [1.165, 1.54) is 0 Å². The Kier molecular flexibility index (Phi) is 3.56. The third kappa shape index (κ3) is 2.41. The molecule has 1 aromatic heterocycles. The number of aliphatic carboxylic acids is 1. The summed E-state index contributed by atoms with van der Waals surface area (Å²) in [6.07, 6.45) is 1.99. The molecule has 0 radical (unpaired) electrons. The normalized spacial score (nSPS) is 19.6. The molecular weight excluding hydrogens is 226 g/mol. The van der Waals surface area contributed by atoms with E-state index in [0.29, 0.717) is 11.6 Å². The van der Waals surface area contributed by atoms with Crippen molar-refractivity contribution < 1.29 is 14.6 Å². The number of hydrogen-bond donors (Lipinski definition) is 1. The first kappa shape index (κ1) is 11.5. The average molecular weight is 241 g/mol. The number of rotatable bonds is 3. The summed E-state index contributed by atoms with van der Waals surface area (Å²) >= 11 is 1.57. The Hall–Kier alpha value is -0.940. The second-order valence-corrected chi connectivity index (χ2v) is 4.95. The molecule has 5 heteroatoms. The number of carboxylic acid groups (broad SMARTS) is 1. The summed E-state index contributed by atoms with van der Waals surface area (Å²) in [7, 11) is 0. The Morgan fingerprint density at radius 1 is 1.62 bits per heavy atom. The van der Waals surface area contributed by atoms with Crippen molar-refractivity contribution in [3.8, 4) is 0 Å². The van der Waals surface area contributed by atoms with E-state index in [9.17, 15) is 4.79 Å². The summed E-state index contributed by atoms with van der Waals surface area (Å²) in [4.78, 5) is 15.3. The van der Waals surface area contributed by atoms with Gasteiger partial charge in [-0.05, 0) is 19.8 Å². The topological polar surface area (TPSA) is 59.4 Å². The average Bonchev–Trinajstić information content (AvgIpc) is 2.78. The van der Waals surface area contributed by atoms with E-state index in [2.05, 4.69) is 4.98 Å². The van der Waals surface area contributed by atoms with Gasteiger partial charge in [0.05, 0.1) is 16.6 Å². The molecule has 1 atom stereocenters. The van der Waals surface area contributed by atoms with Gasteiger partial charge in [-0.2, -0.15) is 0 Å². The van der Waals surface area contributed by atoms with E-state index in [-0.39, 0.29) is 0 Å². The van der Waals surface area contributed by atoms with Crippen LogP contribution in [-0.4, -0.2) is 29.3 Å². The number of nitrogens with zero attached hydrogens (tertiary/aromatic N) is 1. The lowest BCUT2D eigenvalue weighted by Gasteiger charge is -2.19. The molecule has 1 N–H and O–H groups in total. The molecule has 1 aromatic rings. The number of hydrogen-bond acceptors (Lipinski definition) is 4. The molecule has 88 valence electrons. The molecule has 1 fully saturated rings. The number of carboxylic acids is 1. The van der Waals surface area contributed by atoms with Gasteiger partial charge in [0.2, 0.25) is 0 Å². The smallest absolute Gasteiger partial charge is 0.312 e. The molecule has 1 aliphatic heterocycles. The van der Waals surface area contributed by atoms with Crippen LogP contribution in [0.3, 0.4) is 0 Å². The lowest BCUT2D eigenvalue weighted by molar-refractivity contribution is -0.138. The predicted molar refractivity (Wildman–Crippen MR) is 61.0 cm³/mol. The summed E-state index contributed by atoms with van der Waals surface area (Å²) in [6, 6.07) is 0. The zero-order valence-electron chi connectivity index (χ0n) is 9.18. The van der Waals surface area contributed by atoms with E-state index in [0.717, 1.165) is 31.1 Å². The molecule has 0 amide bonds. The summed E-state index contributed by atoms with van der Waals surface area (Å²) in [5.74, 6) is -0.873. The van der Waals surface area contributed by atoms with Gasteiger partial charge in [-0.25, -0.2) is 4.98 Å². The van der Waals surface area contributed by atoms with Gasteiger partial charge in [0.15, 0.2) is 0 Å². The minimum atomic E-state index is -0.816.